The molecule has 0 bridgehead atoms. The van der Waals surface area contributed by atoms with Crippen molar-refractivity contribution in [1.82, 2.24) is 4.57 Å². The number of ether oxygens (including phenoxy) is 4. The summed E-state index contributed by atoms with van der Waals surface area (Å²) < 4.78 is 23.9. The van der Waals surface area contributed by atoms with Gasteiger partial charge in [0.25, 0.3) is 5.56 Å². The number of pyridine rings is 1. The Hall–Kier alpha value is -2.51. The third-order valence-electron chi connectivity index (χ3n) is 5.06. The molecule has 0 aliphatic carbocycles. The van der Waals surface area contributed by atoms with Gasteiger partial charge >= 0.3 is 0 Å². The van der Waals surface area contributed by atoms with Crippen LogP contribution in [0, 0.1) is 0 Å². The Labute approximate surface area is 157 Å². The Bertz CT molecular complexity index is 887. The van der Waals surface area contributed by atoms with Gasteiger partial charge < -0.3 is 28.8 Å². The van der Waals surface area contributed by atoms with E-state index < -0.39 is 0 Å². The minimum absolute atomic E-state index is 0.00539. The van der Waals surface area contributed by atoms with E-state index in [9.17, 15) is 4.79 Å². The zero-order valence-corrected chi connectivity index (χ0v) is 15.6. The average molecular weight is 372 g/mol. The number of methoxy groups -OCH3 is 2. The zero-order chi connectivity index (χ0) is 18.8. The lowest BCUT2D eigenvalue weighted by Gasteiger charge is -2.26. The SMILES string of the molecule is COc1ccc2c(c1OC)CCn1c-2cc(NCC2COCCO2)cc1=O. The third kappa shape index (κ3) is 3.40. The number of fused-ring (bicyclic) bond motifs is 3. The number of aromatic nitrogens is 1. The van der Waals surface area contributed by atoms with E-state index in [1.165, 1.54) is 0 Å². The first-order valence-corrected chi connectivity index (χ1v) is 9.13. The first-order valence-electron chi connectivity index (χ1n) is 9.13. The number of hydrogen-bond acceptors (Lipinski definition) is 6. The monoisotopic (exact) mass is 372 g/mol. The number of nitrogens with one attached hydrogen (secondary N) is 1. The van der Waals surface area contributed by atoms with Gasteiger partial charge in [-0.1, -0.05) is 0 Å². The van der Waals surface area contributed by atoms with Crippen LogP contribution in [-0.2, 0) is 22.4 Å². The van der Waals surface area contributed by atoms with Crippen molar-refractivity contribution in [2.75, 3.05) is 45.9 Å². The molecule has 1 aromatic carbocycles. The normalized spacial score (nSPS) is 18.4. The molecule has 0 spiro atoms. The maximum atomic E-state index is 12.6. The molecule has 0 radical (unpaired) electrons. The second-order valence-corrected chi connectivity index (χ2v) is 6.64. The lowest BCUT2D eigenvalue weighted by molar-refractivity contribution is -0.0818. The molecule has 2 aliphatic rings. The van der Waals surface area contributed by atoms with Gasteiger partial charge in [0, 0.05) is 36.0 Å². The minimum Gasteiger partial charge on any atom is -0.493 e. The van der Waals surface area contributed by atoms with E-state index in [0.29, 0.717) is 38.7 Å². The van der Waals surface area contributed by atoms with Gasteiger partial charge in [-0.2, -0.15) is 0 Å². The minimum atomic E-state index is -0.0174. The van der Waals surface area contributed by atoms with E-state index in [1.54, 1.807) is 24.9 Å². The highest BCUT2D eigenvalue weighted by molar-refractivity contribution is 5.74. The maximum absolute atomic E-state index is 12.6. The quantitative estimate of drug-likeness (QED) is 0.865. The van der Waals surface area contributed by atoms with Crippen LogP contribution in [0.4, 0.5) is 5.69 Å². The Morgan fingerprint density at radius 3 is 2.85 bits per heavy atom. The van der Waals surface area contributed by atoms with Crippen LogP contribution in [0.5, 0.6) is 11.5 Å². The first kappa shape index (κ1) is 17.9. The molecule has 3 heterocycles. The van der Waals surface area contributed by atoms with Crippen molar-refractivity contribution in [3.05, 3.63) is 40.2 Å². The second kappa shape index (κ2) is 7.62. The van der Waals surface area contributed by atoms with E-state index in [2.05, 4.69) is 5.32 Å². The fourth-order valence-electron chi connectivity index (χ4n) is 3.74. The van der Waals surface area contributed by atoms with Crippen LogP contribution in [0.2, 0.25) is 0 Å². The molecule has 0 saturated carbocycles. The Morgan fingerprint density at radius 1 is 1.22 bits per heavy atom. The van der Waals surface area contributed by atoms with Crippen LogP contribution in [0.1, 0.15) is 5.56 Å². The van der Waals surface area contributed by atoms with E-state index in [1.807, 2.05) is 18.2 Å². The molecule has 144 valence electrons. The van der Waals surface area contributed by atoms with E-state index in [4.69, 9.17) is 18.9 Å². The van der Waals surface area contributed by atoms with Crippen molar-refractivity contribution >= 4 is 5.69 Å². The van der Waals surface area contributed by atoms with Crippen molar-refractivity contribution in [2.24, 2.45) is 0 Å². The smallest absolute Gasteiger partial charge is 0.253 e. The Kier molecular flexibility index (Phi) is 5.05. The average Bonchev–Trinajstić information content (AvgIpc) is 2.71. The molecule has 1 fully saturated rings. The number of anilines is 1. The highest BCUT2D eigenvalue weighted by Gasteiger charge is 2.23. The lowest BCUT2D eigenvalue weighted by Crippen LogP contribution is -2.34. The molecule has 7 nitrogen and oxygen atoms in total. The summed E-state index contributed by atoms with van der Waals surface area (Å²) in [5, 5.41) is 3.31. The van der Waals surface area contributed by atoms with Crippen molar-refractivity contribution in [1.29, 1.82) is 0 Å². The fraction of sp³-hybridized carbons (Fsp3) is 0.450. The second-order valence-electron chi connectivity index (χ2n) is 6.64. The molecular weight excluding hydrogens is 348 g/mol. The number of benzene rings is 1. The summed E-state index contributed by atoms with van der Waals surface area (Å²) in [5.74, 6) is 1.44. The molecule has 0 amide bonds. The zero-order valence-electron chi connectivity index (χ0n) is 15.6. The lowest BCUT2D eigenvalue weighted by atomic mass is 9.95. The summed E-state index contributed by atoms with van der Waals surface area (Å²) >= 11 is 0. The topological polar surface area (TPSA) is 71.0 Å². The fourth-order valence-corrected chi connectivity index (χ4v) is 3.74. The van der Waals surface area contributed by atoms with Crippen molar-refractivity contribution in [2.45, 2.75) is 19.1 Å². The van der Waals surface area contributed by atoms with Gasteiger partial charge in [-0.05, 0) is 24.6 Å². The molecule has 1 atom stereocenters. The molecule has 1 N–H and O–H groups in total. The van der Waals surface area contributed by atoms with E-state index in [0.717, 1.165) is 34.7 Å². The van der Waals surface area contributed by atoms with Gasteiger partial charge in [0.1, 0.15) is 0 Å². The predicted octanol–water partition coefficient (Wildman–Crippen LogP) is 1.92. The van der Waals surface area contributed by atoms with Gasteiger partial charge in [-0.3, -0.25) is 4.79 Å². The van der Waals surface area contributed by atoms with Gasteiger partial charge in [0.2, 0.25) is 0 Å². The predicted molar refractivity (Wildman–Crippen MR) is 102 cm³/mol. The van der Waals surface area contributed by atoms with Crippen LogP contribution in [0.25, 0.3) is 11.3 Å². The summed E-state index contributed by atoms with van der Waals surface area (Å²) in [6, 6.07) is 7.52. The van der Waals surface area contributed by atoms with Crippen molar-refractivity contribution in [3.8, 4) is 22.8 Å². The summed E-state index contributed by atoms with van der Waals surface area (Å²) in [4.78, 5) is 12.6. The number of nitrogens with zero attached hydrogens (tertiary/aromatic N) is 1. The molecule has 7 heteroatoms. The molecular formula is C20H24N2O5. The van der Waals surface area contributed by atoms with Gasteiger partial charge in [0.15, 0.2) is 11.5 Å². The number of hydrogen-bond donors (Lipinski definition) is 1. The molecule has 2 aliphatic heterocycles. The van der Waals surface area contributed by atoms with E-state index in [-0.39, 0.29) is 11.7 Å². The number of rotatable bonds is 5. The van der Waals surface area contributed by atoms with Crippen LogP contribution >= 0.6 is 0 Å². The van der Waals surface area contributed by atoms with Crippen LogP contribution in [0.15, 0.2) is 29.1 Å². The summed E-state index contributed by atoms with van der Waals surface area (Å²) in [6.07, 6.45) is 0.719. The van der Waals surface area contributed by atoms with E-state index >= 15 is 0 Å². The third-order valence-corrected chi connectivity index (χ3v) is 5.06. The summed E-state index contributed by atoms with van der Waals surface area (Å²) in [6.45, 7) is 3.02. The standard InChI is InChI=1S/C20H24N2O5/c1-24-18-4-3-15-16(20(18)25-2)5-6-22-17(15)9-13(10-19(22)23)21-11-14-12-26-7-8-27-14/h3-4,9-10,14,21H,5-8,11-12H2,1-2H3. The first-order chi connectivity index (χ1) is 13.2. The van der Waals surface area contributed by atoms with Crippen LogP contribution in [-0.4, -0.2) is 51.3 Å². The highest BCUT2D eigenvalue weighted by atomic mass is 16.6. The molecule has 1 saturated heterocycles. The Morgan fingerprint density at radius 2 is 2.11 bits per heavy atom. The summed E-state index contributed by atoms with van der Waals surface area (Å²) in [5.41, 5.74) is 3.71. The van der Waals surface area contributed by atoms with Crippen LogP contribution in [0.3, 0.4) is 0 Å². The molecule has 1 aromatic heterocycles. The maximum Gasteiger partial charge on any atom is 0.253 e. The molecule has 2 aromatic rings. The van der Waals surface area contributed by atoms with Gasteiger partial charge in [-0.15, -0.1) is 0 Å². The highest BCUT2D eigenvalue weighted by Crippen LogP contribution is 2.40. The largest absolute Gasteiger partial charge is 0.493 e. The Balaban J connectivity index is 1.67. The van der Waals surface area contributed by atoms with Gasteiger partial charge in [0.05, 0.1) is 45.8 Å². The van der Waals surface area contributed by atoms with Crippen LogP contribution < -0.4 is 20.3 Å². The molecule has 4 rings (SSSR count). The van der Waals surface area contributed by atoms with Gasteiger partial charge in [-0.25, -0.2) is 0 Å². The molecule has 27 heavy (non-hydrogen) atoms. The van der Waals surface area contributed by atoms with Crippen molar-refractivity contribution < 1.29 is 18.9 Å². The molecule has 1 unspecified atom stereocenters. The van der Waals surface area contributed by atoms with Crippen molar-refractivity contribution in [3.63, 3.8) is 0 Å². The summed E-state index contributed by atoms with van der Waals surface area (Å²) in [7, 11) is 3.27.